The number of urea groups is 1. The molecule has 0 aliphatic heterocycles. The lowest BCUT2D eigenvalue weighted by Crippen LogP contribution is -2.33. The highest BCUT2D eigenvalue weighted by molar-refractivity contribution is 7.22. The Bertz CT molecular complexity index is 791. The number of benzene rings is 1. The number of carbonyl (C=O) groups excluding carboxylic acids is 1. The Hall–Kier alpha value is -2.34. The van der Waals surface area contributed by atoms with Crippen molar-refractivity contribution in [3.8, 4) is 0 Å². The SMILES string of the molecule is O=C(Nc1nc2ccccc2s1)NC1CCCc2occc21. The van der Waals surface area contributed by atoms with Crippen molar-refractivity contribution < 1.29 is 9.21 Å². The molecule has 0 bridgehead atoms. The first-order valence-electron chi connectivity index (χ1n) is 7.29. The van der Waals surface area contributed by atoms with Gasteiger partial charge < -0.3 is 9.73 Å². The smallest absolute Gasteiger partial charge is 0.321 e. The molecule has 2 N–H and O–H groups in total. The van der Waals surface area contributed by atoms with Crippen LogP contribution >= 0.6 is 11.3 Å². The number of para-hydroxylation sites is 1. The maximum absolute atomic E-state index is 12.2. The van der Waals surface area contributed by atoms with Crippen molar-refractivity contribution in [3.63, 3.8) is 0 Å². The van der Waals surface area contributed by atoms with Crippen LogP contribution in [0.15, 0.2) is 41.0 Å². The second-order valence-corrected chi connectivity index (χ2v) is 6.36. The fourth-order valence-electron chi connectivity index (χ4n) is 2.85. The lowest BCUT2D eigenvalue weighted by molar-refractivity contribution is 0.246. The monoisotopic (exact) mass is 313 g/mol. The molecule has 2 aromatic heterocycles. The molecule has 1 aliphatic rings. The van der Waals surface area contributed by atoms with Crippen molar-refractivity contribution in [3.05, 3.63) is 47.9 Å². The standard InChI is InChI=1S/C16H15N3O2S/c20-15(17-11-5-3-6-13-10(11)8-9-21-13)19-16-18-12-4-1-2-7-14(12)22-16/h1-2,4,7-9,11H,3,5-6H2,(H2,17,18,19,20). The Kier molecular flexibility index (Phi) is 3.31. The fourth-order valence-corrected chi connectivity index (χ4v) is 3.71. The molecule has 0 fully saturated rings. The van der Waals surface area contributed by atoms with Gasteiger partial charge in [0, 0.05) is 12.0 Å². The van der Waals surface area contributed by atoms with E-state index < -0.39 is 0 Å². The van der Waals surface area contributed by atoms with Crippen LogP contribution in [0, 0.1) is 0 Å². The zero-order valence-corrected chi connectivity index (χ0v) is 12.7. The zero-order valence-electron chi connectivity index (χ0n) is 11.8. The maximum atomic E-state index is 12.2. The summed E-state index contributed by atoms with van der Waals surface area (Å²) in [7, 11) is 0. The molecule has 6 heteroatoms. The van der Waals surface area contributed by atoms with E-state index in [-0.39, 0.29) is 12.1 Å². The van der Waals surface area contributed by atoms with E-state index in [4.69, 9.17) is 4.42 Å². The van der Waals surface area contributed by atoms with Crippen LogP contribution in [0.2, 0.25) is 0 Å². The first-order valence-corrected chi connectivity index (χ1v) is 8.10. The number of carbonyl (C=O) groups is 1. The average molecular weight is 313 g/mol. The van der Waals surface area contributed by atoms with Crippen LogP contribution in [0.4, 0.5) is 9.93 Å². The van der Waals surface area contributed by atoms with Crippen LogP contribution in [0.5, 0.6) is 0 Å². The van der Waals surface area contributed by atoms with Crippen LogP contribution in [0.25, 0.3) is 10.2 Å². The van der Waals surface area contributed by atoms with Gasteiger partial charge in [0.15, 0.2) is 5.13 Å². The molecule has 1 aromatic carbocycles. The molecule has 22 heavy (non-hydrogen) atoms. The second-order valence-electron chi connectivity index (χ2n) is 5.33. The summed E-state index contributed by atoms with van der Waals surface area (Å²) in [5.41, 5.74) is 1.99. The quantitative estimate of drug-likeness (QED) is 0.749. The zero-order chi connectivity index (χ0) is 14.9. The van der Waals surface area contributed by atoms with Crippen molar-refractivity contribution in [1.29, 1.82) is 0 Å². The molecule has 112 valence electrons. The van der Waals surface area contributed by atoms with Gasteiger partial charge in [-0.05, 0) is 31.0 Å². The van der Waals surface area contributed by atoms with E-state index in [0.717, 1.165) is 40.8 Å². The predicted octanol–water partition coefficient (Wildman–Crippen LogP) is 4.09. The highest BCUT2D eigenvalue weighted by atomic mass is 32.1. The van der Waals surface area contributed by atoms with E-state index in [2.05, 4.69) is 15.6 Å². The largest absolute Gasteiger partial charge is 0.469 e. The molecule has 1 atom stereocenters. The molecular weight excluding hydrogens is 298 g/mol. The van der Waals surface area contributed by atoms with Crippen LogP contribution in [-0.4, -0.2) is 11.0 Å². The number of aromatic nitrogens is 1. The third-order valence-electron chi connectivity index (χ3n) is 3.87. The predicted molar refractivity (Wildman–Crippen MR) is 86.2 cm³/mol. The van der Waals surface area contributed by atoms with Gasteiger partial charge in [-0.1, -0.05) is 23.5 Å². The van der Waals surface area contributed by atoms with Crippen LogP contribution in [0.1, 0.15) is 30.2 Å². The highest BCUT2D eigenvalue weighted by Crippen LogP contribution is 2.31. The summed E-state index contributed by atoms with van der Waals surface area (Å²) in [6.07, 6.45) is 4.59. The number of hydrogen-bond donors (Lipinski definition) is 2. The third kappa shape index (κ3) is 2.46. The van der Waals surface area contributed by atoms with Crippen molar-refractivity contribution in [2.45, 2.75) is 25.3 Å². The van der Waals surface area contributed by atoms with Gasteiger partial charge in [0.25, 0.3) is 0 Å². The highest BCUT2D eigenvalue weighted by Gasteiger charge is 2.24. The van der Waals surface area contributed by atoms with E-state index in [1.807, 2.05) is 30.3 Å². The molecule has 1 aliphatic carbocycles. The molecule has 0 saturated heterocycles. The summed E-state index contributed by atoms with van der Waals surface area (Å²) < 4.78 is 6.51. The van der Waals surface area contributed by atoms with Crippen molar-refractivity contribution in [2.24, 2.45) is 0 Å². The van der Waals surface area contributed by atoms with E-state index in [1.165, 1.54) is 11.3 Å². The minimum Gasteiger partial charge on any atom is -0.469 e. The Morgan fingerprint density at radius 1 is 1.32 bits per heavy atom. The molecule has 0 saturated carbocycles. The van der Waals surface area contributed by atoms with E-state index in [0.29, 0.717) is 5.13 Å². The number of aryl methyl sites for hydroxylation is 1. The van der Waals surface area contributed by atoms with Crippen molar-refractivity contribution >= 4 is 32.7 Å². The van der Waals surface area contributed by atoms with Gasteiger partial charge >= 0.3 is 6.03 Å². The van der Waals surface area contributed by atoms with Gasteiger partial charge in [-0.15, -0.1) is 0 Å². The molecule has 1 unspecified atom stereocenters. The lowest BCUT2D eigenvalue weighted by Gasteiger charge is -2.22. The minimum absolute atomic E-state index is 0.0110. The van der Waals surface area contributed by atoms with Crippen LogP contribution in [0.3, 0.4) is 0 Å². The number of fused-ring (bicyclic) bond motifs is 2. The summed E-state index contributed by atoms with van der Waals surface area (Å²) in [6, 6.07) is 9.57. The number of rotatable bonds is 2. The number of hydrogen-bond acceptors (Lipinski definition) is 4. The Labute approximate surface area is 131 Å². The number of thiazole rings is 1. The Morgan fingerprint density at radius 2 is 2.23 bits per heavy atom. The van der Waals surface area contributed by atoms with Crippen molar-refractivity contribution in [1.82, 2.24) is 10.3 Å². The molecule has 2 amide bonds. The number of nitrogens with one attached hydrogen (secondary N) is 2. The third-order valence-corrected chi connectivity index (χ3v) is 4.82. The lowest BCUT2D eigenvalue weighted by atomic mass is 9.93. The Morgan fingerprint density at radius 3 is 3.14 bits per heavy atom. The number of furan rings is 1. The first-order chi connectivity index (χ1) is 10.8. The van der Waals surface area contributed by atoms with E-state index >= 15 is 0 Å². The molecule has 0 spiro atoms. The van der Waals surface area contributed by atoms with Gasteiger partial charge in [0.1, 0.15) is 5.76 Å². The molecule has 0 radical (unpaired) electrons. The van der Waals surface area contributed by atoms with Gasteiger partial charge in [0.2, 0.25) is 0 Å². The maximum Gasteiger partial charge on any atom is 0.321 e. The number of anilines is 1. The topological polar surface area (TPSA) is 67.2 Å². The summed E-state index contributed by atoms with van der Waals surface area (Å²) >= 11 is 1.47. The van der Waals surface area contributed by atoms with Gasteiger partial charge in [-0.3, -0.25) is 5.32 Å². The van der Waals surface area contributed by atoms with Crippen molar-refractivity contribution in [2.75, 3.05) is 5.32 Å². The van der Waals surface area contributed by atoms with Crippen LogP contribution in [-0.2, 0) is 6.42 Å². The van der Waals surface area contributed by atoms with E-state index in [9.17, 15) is 4.79 Å². The minimum atomic E-state index is -0.224. The normalized spacial score (nSPS) is 17.2. The fraction of sp³-hybridized carbons (Fsp3) is 0.250. The van der Waals surface area contributed by atoms with Crippen LogP contribution < -0.4 is 10.6 Å². The summed E-state index contributed by atoms with van der Waals surface area (Å²) in [4.78, 5) is 16.6. The summed E-state index contributed by atoms with van der Waals surface area (Å²) in [5.74, 6) is 0.983. The molecule has 4 rings (SSSR count). The van der Waals surface area contributed by atoms with Gasteiger partial charge in [-0.2, -0.15) is 0 Å². The first kappa shape index (κ1) is 13.3. The number of nitrogens with zero attached hydrogens (tertiary/aromatic N) is 1. The summed E-state index contributed by atoms with van der Waals surface area (Å²) in [6.45, 7) is 0. The average Bonchev–Trinajstić information content (AvgIpc) is 3.12. The van der Waals surface area contributed by atoms with Gasteiger partial charge in [0.05, 0.1) is 22.5 Å². The second kappa shape index (κ2) is 5.46. The summed E-state index contributed by atoms with van der Waals surface area (Å²) in [5, 5.41) is 6.45. The molecule has 3 aromatic rings. The Balaban J connectivity index is 1.47. The van der Waals surface area contributed by atoms with E-state index in [1.54, 1.807) is 6.26 Å². The van der Waals surface area contributed by atoms with Gasteiger partial charge in [-0.25, -0.2) is 9.78 Å². The molecule has 2 heterocycles. The molecule has 5 nitrogen and oxygen atoms in total. The molecular formula is C16H15N3O2S. The number of amides is 2.